The van der Waals surface area contributed by atoms with E-state index in [1.54, 1.807) is 13.0 Å². The SMILES string of the molecule is Cc1occc1C(=O)NNC(=O)c1ccc(N2CCCCCC2)c([N+](=O)[O-])c1. The predicted octanol–water partition coefficient (Wildman–Crippen LogP) is 2.95. The summed E-state index contributed by atoms with van der Waals surface area (Å²) in [5, 5.41) is 11.6. The molecule has 2 heterocycles. The summed E-state index contributed by atoms with van der Waals surface area (Å²) >= 11 is 0. The minimum atomic E-state index is -0.639. The third-order valence-corrected chi connectivity index (χ3v) is 4.77. The van der Waals surface area contributed by atoms with Crippen LogP contribution in [0.2, 0.25) is 0 Å². The molecular formula is C19H22N4O5. The molecule has 148 valence electrons. The number of hydrogen-bond donors (Lipinski definition) is 2. The number of carbonyl (C=O) groups is 2. The van der Waals surface area contributed by atoms with Gasteiger partial charge in [-0.3, -0.25) is 30.6 Å². The zero-order valence-electron chi connectivity index (χ0n) is 15.6. The molecule has 2 amide bonds. The van der Waals surface area contributed by atoms with Gasteiger partial charge in [-0.05, 0) is 38.0 Å². The molecule has 0 unspecified atom stereocenters. The van der Waals surface area contributed by atoms with Crippen molar-refractivity contribution in [2.75, 3.05) is 18.0 Å². The molecule has 28 heavy (non-hydrogen) atoms. The minimum Gasteiger partial charge on any atom is -0.469 e. The van der Waals surface area contributed by atoms with Crippen LogP contribution in [0.3, 0.4) is 0 Å². The number of furan rings is 1. The van der Waals surface area contributed by atoms with Crippen LogP contribution in [0.4, 0.5) is 11.4 Å². The highest BCUT2D eigenvalue weighted by atomic mass is 16.6. The average molecular weight is 386 g/mol. The quantitative estimate of drug-likeness (QED) is 0.616. The lowest BCUT2D eigenvalue weighted by Crippen LogP contribution is -2.41. The Balaban J connectivity index is 1.73. The second-order valence-corrected chi connectivity index (χ2v) is 6.66. The van der Waals surface area contributed by atoms with Gasteiger partial charge in [-0.15, -0.1) is 0 Å². The number of benzene rings is 1. The van der Waals surface area contributed by atoms with Crippen LogP contribution in [-0.4, -0.2) is 29.8 Å². The van der Waals surface area contributed by atoms with Crippen molar-refractivity contribution >= 4 is 23.2 Å². The number of rotatable bonds is 4. The van der Waals surface area contributed by atoms with E-state index in [1.807, 2.05) is 4.90 Å². The number of nitrogens with one attached hydrogen (secondary N) is 2. The van der Waals surface area contributed by atoms with Crippen molar-refractivity contribution in [3.63, 3.8) is 0 Å². The monoisotopic (exact) mass is 386 g/mol. The summed E-state index contributed by atoms with van der Waals surface area (Å²) in [5.41, 5.74) is 5.34. The van der Waals surface area contributed by atoms with Gasteiger partial charge in [0.15, 0.2) is 0 Å². The number of hydrogen-bond acceptors (Lipinski definition) is 6. The van der Waals surface area contributed by atoms with Gasteiger partial charge in [0.05, 0.1) is 16.7 Å². The van der Waals surface area contributed by atoms with Crippen LogP contribution in [0.1, 0.15) is 52.2 Å². The molecule has 1 aliphatic rings. The standard InChI is InChI=1S/C19H22N4O5/c1-13-15(8-11-28-13)19(25)21-20-18(24)14-6-7-16(17(12-14)23(26)27)22-9-4-2-3-5-10-22/h6-8,11-12H,2-5,9-10H2,1H3,(H,20,24)(H,21,25). The van der Waals surface area contributed by atoms with Crippen molar-refractivity contribution in [2.45, 2.75) is 32.6 Å². The molecule has 1 aromatic heterocycles. The Kier molecular flexibility index (Phi) is 5.93. The summed E-state index contributed by atoms with van der Waals surface area (Å²) in [7, 11) is 0. The molecule has 3 rings (SSSR count). The molecule has 9 heteroatoms. The van der Waals surface area contributed by atoms with Gasteiger partial charge in [-0.25, -0.2) is 0 Å². The lowest BCUT2D eigenvalue weighted by molar-refractivity contribution is -0.384. The van der Waals surface area contributed by atoms with E-state index in [0.717, 1.165) is 38.8 Å². The number of nitrogens with zero attached hydrogens (tertiary/aromatic N) is 2. The van der Waals surface area contributed by atoms with E-state index in [0.29, 0.717) is 17.0 Å². The first-order chi connectivity index (χ1) is 13.5. The van der Waals surface area contributed by atoms with Crippen molar-refractivity contribution in [3.8, 4) is 0 Å². The number of hydrazine groups is 1. The Morgan fingerprint density at radius 1 is 1.07 bits per heavy atom. The summed E-state index contributed by atoms with van der Waals surface area (Å²) in [4.78, 5) is 37.4. The zero-order valence-corrected chi connectivity index (χ0v) is 15.6. The molecule has 2 N–H and O–H groups in total. The lowest BCUT2D eigenvalue weighted by atomic mass is 10.1. The van der Waals surface area contributed by atoms with E-state index in [-0.39, 0.29) is 11.3 Å². The van der Waals surface area contributed by atoms with Crippen LogP contribution >= 0.6 is 0 Å². The highest BCUT2D eigenvalue weighted by Crippen LogP contribution is 2.31. The van der Waals surface area contributed by atoms with Crippen molar-refractivity contribution < 1.29 is 18.9 Å². The largest absolute Gasteiger partial charge is 0.469 e. The number of carbonyl (C=O) groups excluding carboxylic acids is 2. The number of nitro benzene ring substituents is 1. The normalized spacial score (nSPS) is 14.2. The molecule has 0 atom stereocenters. The fourth-order valence-corrected chi connectivity index (χ4v) is 3.26. The van der Waals surface area contributed by atoms with Gasteiger partial charge >= 0.3 is 0 Å². The van der Waals surface area contributed by atoms with Gasteiger partial charge in [-0.1, -0.05) is 12.8 Å². The van der Waals surface area contributed by atoms with E-state index in [9.17, 15) is 19.7 Å². The molecule has 2 aromatic rings. The molecule has 0 aliphatic carbocycles. The summed E-state index contributed by atoms with van der Waals surface area (Å²) < 4.78 is 5.05. The molecule has 0 bridgehead atoms. The molecule has 1 saturated heterocycles. The number of aryl methyl sites for hydroxylation is 1. The van der Waals surface area contributed by atoms with Crippen LogP contribution in [-0.2, 0) is 0 Å². The predicted molar refractivity (Wildman–Crippen MR) is 102 cm³/mol. The van der Waals surface area contributed by atoms with Crippen molar-refractivity contribution in [3.05, 3.63) is 57.5 Å². The van der Waals surface area contributed by atoms with Crippen molar-refractivity contribution in [2.24, 2.45) is 0 Å². The maximum atomic E-state index is 12.3. The molecule has 0 saturated carbocycles. The smallest absolute Gasteiger partial charge is 0.293 e. The lowest BCUT2D eigenvalue weighted by Gasteiger charge is -2.22. The fraction of sp³-hybridized carbons (Fsp3) is 0.368. The third-order valence-electron chi connectivity index (χ3n) is 4.77. The first-order valence-electron chi connectivity index (χ1n) is 9.15. The fourth-order valence-electron chi connectivity index (χ4n) is 3.26. The first kappa shape index (κ1) is 19.4. The number of amides is 2. The average Bonchev–Trinajstić information content (AvgIpc) is 2.94. The summed E-state index contributed by atoms with van der Waals surface area (Å²) in [6.07, 6.45) is 5.57. The molecule has 9 nitrogen and oxygen atoms in total. The highest BCUT2D eigenvalue weighted by molar-refractivity contribution is 6.00. The Morgan fingerprint density at radius 3 is 2.36 bits per heavy atom. The van der Waals surface area contributed by atoms with Gasteiger partial charge in [0, 0.05) is 24.7 Å². The maximum Gasteiger partial charge on any atom is 0.293 e. The molecule has 0 spiro atoms. The van der Waals surface area contributed by atoms with E-state index < -0.39 is 16.7 Å². The maximum absolute atomic E-state index is 12.3. The van der Waals surface area contributed by atoms with Crippen LogP contribution in [0, 0.1) is 17.0 Å². The highest BCUT2D eigenvalue weighted by Gasteiger charge is 2.23. The molecular weight excluding hydrogens is 364 g/mol. The van der Waals surface area contributed by atoms with Gasteiger partial charge in [0.25, 0.3) is 17.5 Å². The van der Waals surface area contributed by atoms with Crippen LogP contribution in [0.25, 0.3) is 0 Å². The zero-order chi connectivity index (χ0) is 20.1. The van der Waals surface area contributed by atoms with Crippen LogP contribution in [0.5, 0.6) is 0 Å². The second-order valence-electron chi connectivity index (χ2n) is 6.66. The number of nitro groups is 1. The Hall–Kier alpha value is -3.36. The summed E-state index contributed by atoms with van der Waals surface area (Å²) in [5.74, 6) is -0.750. The topological polar surface area (TPSA) is 118 Å². The van der Waals surface area contributed by atoms with E-state index >= 15 is 0 Å². The number of anilines is 1. The Bertz CT molecular complexity index is 884. The Labute approximate surface area is 161 Å². The summed E-state index contributed by atoms with van der Waals surface area (Å²) in [6, 6.07) is 5.85. The van der Waals surface area contributed by atoms with Gasteiger partial charge < -0.3 is 9.32 Å². The second kappa shape index (κ2) is 8.55. The van der Waals surface area contributed by atoms with Gasteiger partial charge in [-0.2, -0.15) is 0 Å². The van der Waals surface area contributed by atoms with Crippen molar-refractivity contribution in [1.29, 1.82) is 0 Å². The van der Waals surface area contributed by atoms with E-state index in [1.165, 1.54) is 24.5 Å². The third kappa shape index (κ3) is 4.30. The van der Waals surface area contributed by atoms with E-state index in [4.69, 9.17) is 4.42 Å². The van der Waals surface area contributed by atoms with E-state index in [2.05, 4.69) is 10.9 Å². The van der Waals surface area contributed by atoms with Crippen molar-refractivity contribution in [1.82, 2.24) is 10.9 Å². The molecule has 1 aromatic carbocycles. The van der Waals surface area contributed by atoms with Crippen LogP contribution in [0.15, 0.2) is 34.9 Å². The van der Waals surface area contributed by atoms with Crippen LogP contribution < -0.4 is 15.8 Å². The first-order valence-corrected chi connectivity index (χ1v) is 9.15. The minimum absolute atomic E-state index is 0.0921. The Morgan fingerprint density at radius 2 is 1.75 bits per heavy atom. The van der Waals surface area contributed by atoms with Gasteiger partial charge in [0.2, 0.25) is 0 Å². The summed E-state index contributed by atoms with van der Waals surface area (Å²) in [6.45, 7) is 3.14. The van der Waals surface area contributed by atoms with Gasteiger partial charge in [0.1, 0.15) is 11.4 Å². The molecule has 1 fully saturated rings. The molecule has 0 radical (unpaired) electrons. The molecule has 1 aliphatic heterocycles.